The summed E-state index contributed by atoms with van der Waals surface area (Å²) in [5.74, 6) is 3.10. The summed E-state index contributed by atoms with van der Waals surface area (Å²) >= 11 is 13.0. The van der Waals surface area contributed by atoms with Gasteiger partial charge in [-0.2, -0.15) is 0 Å². The number of hydrogen-bond acceptors (Lipinski definition) is 5. The van der Waals surface area contributed by atoms with E-state index in [0.29, 0.717) is 37.9 Å². The average Bonchev–Trinajstić information content (AvgIpc) is 2.98. The molecule has 2 aromatic rings. The summed E-state index contributed by atoms with van der Waals surface area (Å²) in [6.07, 6.45) is 7.72. The van der Waals surface area contributed by atoms with Gasteiger partial charge in [0.25, 0.3) is 5.91 Å². The van der Waals surface area contributed by atoms with Crippen LogP contribution in [0.2, 0.25) is 5.02 Å². The molecule has 1 saturated heterocycles. The molecule has 1 fully saturated rings. The molecule has 0 unspecified atom stereocenters. The molecule has 0 atom stereocenters. The van der Waals surface area contributed by atoms with Gasteiger partial charge in [-0.25, -0.2) is 0 Å². The zero-order valence-electron chi connectivity index (χ0n) is 15.7. The van der Waals surface area contributed by atoms with Gasteiger partial charge in [-0.3, -0.25) is 9.69 Å². The van der Waals surface area contributed by atoms with E-state index in [0.717, 1.165) is 12.0 Å². The molecule has 0 radical (unpaired) electrons. The van der Waals surface area contributed by atoms with Crippen LogP contribution in [-0.4, -0.2) is 35.4 Å². The summed E-state index contributed by atoms with van der Waals surface area (Å²) in [5.41, 5.74) is 1.87. The highest BCUT2D eigenvalue weighted by Crippen LogP contribution is 2.39. The Morgan fingerprint density at radius 3 is 2.76 bits per heavy atom. The molecular weight excluding hydrogens is 426 g/mol. The molecule has 1 aliphatic heterocycles. The van der Waals surface area contributed by atoms with E-state index >= 15 is 0 Å². The average molecular weight is 444 g/mol. The van der Waals surface area contributed by atoms with Gasteiger partial charge in [0.05, 0.1) is 17.0 Å². The van der Waals surface area contributed by atoms with E-state index in [9.17, 15) is 4.79 Å². The van der Waals surface area contributed by atoms with Crippen molar-refractivity contribution < 1.29 is 14.3 Å². The van der Waals surface area contributed by atoms with Crippen LogP contribution in [0.5, 0.6) is 11.5 Å². The number of amides is 1. The van der Waals surface area contributed by atoms with E-state index in [4.69, 9.17) is 39.7 Å². The first-order valence-corrected chi connectivity index (χ1v) is 10.4. The highest BCUT2D eigenvalue weighted by atomic mass is 35.5. The number of thioether (sulfide) groups is 1. The SMILES string of the molecule is C#CCOc1c(Cl)cc(/C=C2\SC(=S)N(CCc3ccccc3)C2=O)cc1OC. The summed E-state index contributed by atoms with van der Waals surface area (Å²) in [5, 5.41) is 0.352. The topological polar surface area (TPSA) is 38.8 Å². The Labute approximate surface area is 184 Å². The number of terminal acetylenes is 1. The minimum Gasteiger partial charge on any atom is -0.493 e. The monoisotopic (exact) mass is 443 g/mol. The molecule has 3 rings (SSSR count). The number of rotatable bonds is 7. The molecule has 0 aromatic heterocycles. The van der Waals surface area contributed by atoms with Crippen molar-refractivity contribution in [3.63, 3.8) is 0 Å². The van der Waals surface area contributed by atoms with Crippen molar-refractivity contribution in [1.29, 1.82) is 0 Å². The maximum atomic E-state index is 12.8. The molecule has 148 valence electrons. The Morgan fingerprint density at radius 1 is 1.31 bits per heavy atom. The van der Waals surface area contributed by atoms with Crippen molar-refractivity contribution >= 4 is 51.9 Å². The lowest BCUT2D eigenvalue weighted by Gasteiger charge is -2.14. The lowest BCUT2D eigenvalue weighted by atomic mass is 10.1. The zero-order chi connectivity index (χ0) is 20.8. The highest BCUT2D eigenvalue weighted by Gasteiger charge is 2.31. The van der Waals surface area contributed by atoms with E-state index in [1.807, 2.05) is 30.3 Å². The summed E-state index contributed by atoms with van der Waals surface area (Å²) in [4.78, 5) is 15.0. The number of carbonyl (C=O) groups is 1. The number of carbonyl (C=O) groups excluding carboxylic acids is 1. The van der Waals surface area contributed by atoms with E-state index in [1.165, 1.54) is 18.9 Å². The Balaban J connectivity index is 1.78. The van der Waals surface area contributed by atoms with Crippen molar-refractivity contribution in [1.82, 2.24) is 4.90 Å². The lowest BCUT2D eigenvalue weighted by molar-refractivity contribution is -0.122. The second-order valence-corrected chi connectivity index (χ2v) is 8.18. The molecule has 0 bridgehead atoms. The Kier molecular flexibility index (Phi) is 7.21. The van der Waals surface area contributed by atoms with Gasteiger partial charge in [-0.15, -0.1) is 6.42 Å². The largest absolute Gasteiger partial charge is 0.493 e. The Morgan fingerprint density at radius 2 is 2.07 bits per heavy atom. The second-order valence-electron chi connectivity index (χ2n) is 6.10. The number of thiocarbonyl (C=S) groups is 1. The number of nitrogens with zero attached hydrogens (tertiary/aromatic N) is 1. The zero-order valence-corrected chi connectivity index (χ0v) is 18.1. The summed E-state index contributed by atoms with van der Waals surface area (Å²) in [7, 11) is 1.52. The van der Waals surface area contributed by atoms with Gasteiger partial charge >= 0.3 is 0 Å². The second kappa shape index (κ2) is 9.84. The third-order valence-electron chi connectivity index (χ3n) is 4.19. The molecule has 1 heterocycles. The predicted octanol–water partition coefficient (Wildman–Crippen LogP) is 4.80. The predicted molar refractivity (Wildman–Crippen MR) is 122 cm³/mol. The van der Waals surface area contributed by atoms with Crippen molar-refractivity contribution in [2.45, 2.75) is 6.42 Å². The molecular formula is C22H18ClNO3S2. The van der Waals surface area contributed by atoms with Gasteiger partial charge in [0.2, 0.25) is 0 Å². The van der Waals surface area contributed by atoms with Gasteiger partial charge in [0.15, 0.2) is 11.5 Å². The van der Waals surface area contributed by atoms with Crippen LogP contribution in [0, 0.1) is 12.3 Å². The fourth-order valence-electron chi connectivity index (χ4n) is 2.81. The van der Waals surface area contributed by atoms with Crippen LogP contribution >= 0.6 is 35.6 Å². The maximum absolute atomic E-state index is 12.8. The van der Waals surface area contributed by atoms with E-state index in [-0.39, 0.29) is 12.5 Å². The van der Waals surface area contributed by atoms with Crippen LogP contribution in [0.1, 0.15) is 11.1 Å². The van der Waals surface area contributed by atoms with E-state index in [2.05, 4.69) is 5.92 Å². The highest BCUT2D eigenvalue weighted by molar-refractivity contribution is 8.26. The van der Waals surface area contributed by atoms with Crippen LogP contribution < -0.4 is 9.47 Å². The first-order chi connectivity index (χ1) is 14.0. The summed E-state index contributed by atoms with van der Waals surface area (Å²) < 4.78 is 11.3. The van der Waals surface area contributed by atoms with E-state index < -0.39 is 0 Å². The quantitative estimate of drug-likeness (QED) is 0.349. The lowest BCUT2D eigenvalue weighted by Crippen LogP contribution is -2.30. The number of halogens is 1. The summed E-state index contributed by atoms with van der Waals surface area (Å²) in [6, 6.07) is 13.4. The molecule has 1 aliphatic rings. The van der Waals surface area contributed by atoms with Crippen LogP contribution in [0.25, 0.3) is 6.08 Å². The Hall–Kier alpha value is -2.46. The van der Waals surface area contributed by atoms with Gasteiger partial charge in [-0.05, 0) is 35.8 Å². The van der Waals surface area contributed by atoms with Crippen LogP contribution in [0.4, 0.5) is 0 Å². The van der Waals surface area contributed by atoms with Crippen molar-refractivity contribution in [3.05, 3.63) is 63.5 Å². The van der Waals surface area contributed by atoms with Crippen molar-refractivity contribution in [3.8, 4) is 23.8 Å². The molecule has 0 aliphatic carbocycles. The fourth-order valence-corrected chi connectivity index (χ4v) is 4.39. The minimum absolute atomic E-state index is 0.0789. The molecule has 4 nitrogen and oxygen atoms in total. The first kappa shape index (κ1) is 21.3. The molecule has 0 saturated carbocycles. The molecule has 0 N–H and O–H groups in total. The molecule has 29 heavy (non-hydrogen) atoms. The standard InChI is InChI=1S/C22H18ClNO3S2/c1-3-11-27-20-17(23)12-16(13-18(20)26-2)14-19-21(25)24(22(28)29-19)10-9-15-7-5-4-6-8-15/h1,4-8,12-14H,9-11H2,2H3/b19-14-. The van der Waals surface area contributed by atoms with Crippen LogP contribution in [0.15, 0.2) is 47.4 Å². The third kappa shape index (κ3) is 5.13. The fraction of sp³-hybridized carbons (Fsp3) is 0.182. The van der Waals surface area contributed by atoms with Crippen molar-refractivity contribution in [2.75, 3.05) is 20.3 Å². The number of ether oxygens (including phenoxy) is 2. The molecule has 7 heteroatoms. The number of benzene rings is 2. The number of hydrogen-bond donors (Lipinski definition) is 0. The molecule has 1 amide bonds. The molecule has 0 spiro atoms. The first-order valence-electron chi connectivity index (χ1n) is 8.76. The van der Waals surface area contributed by atoms with Gasteiger partial charge < -0.3 is 9.47 Å². The smallest absolute Gasteiger partial charge is 0.266 e. The van der Waals surface area contributed by atoms with Crippen LogP contribution in [0.3, 0.4) is 0 Å². The Bertz CT molecular complexity index is 999. The van der Waals surface area contributed by atoms with Gasteiger partial charge in [0.1, 0.15) is 10.9 Å². The normalized spacial score (nSPS) is 14.9. The third-order valence-corrected chi connectivity index (χ3v) is 5.85. The van der Waals surface area contributed by atoms with Crippen molar-refractivity contribution in [2.24, 2.45) is 0 Å². The van der Waals surface area contributed by atoms with E-state index in [1.54, 1.807) is 23.1 Å². The van der Waals surface area contributed by atoms with Gasteiger partial charge in [-0.1, -0.05) is 71.8 Å². The minimum atomic E-state index is -0.112. The maximum Gasteiger partial charge on any atom is 0.266 e. The van der Waals surface area contributed by atoms with Crippen LogP contribution in [-0.2, 0) is 11.2 Å². The van der Waals surface area contributed by atoms with Gasteiger partial charge in [0, 0.05) is 6.54 Å². The summed E-state index contributed by atoms with van der Waals surface area (Å²) in [6.45, 7) is 0.616. The number of methoxy groups -OCH3 is 1. The molecule has 2 aromatic carbocycles.